The number of carbonyl (C=O) groups is 1. The SMILES string of the molecule is O=C(NCc1ccco1)[C@@H]1CC[C@@H]2[C@@H](CCN2S(=O)(=O)C2CC2)O1. The largest absolute Gasteiger partial charge is 0.467 e. The van der Waals surface area contributed by atoms with Gasteiger partial charge in [-0.15, -0.1) is 0 Å². The third-order valence-corrected chi connectivity index (χ3v) is 7.50. The van der Waals surface area contributed by atoms with Gasteiger partial charge in [-0.25, -0.2) is 8.42 Å². The molecule has 3 atom stereocenters. The van der Waals surface area contributed by atoms with E-state index in [1.165, 1.54) is 0 Å². The molecule has 0 aromatic carbocycles. The minimum Gasteiger partial charge on any atom is -0.467 e. The number of hydrogen-bond acceptors (Lipinski definition) is 5. The minimum atomic E-state index is -3.17. The molecular weight excluding hydrogens is 332 g/mol. The quantitative estimate of drug-likeness (QED) is 0.852. The van der Waals surface area contributed by atoms with Crippen LogP contribution in [0.1, 0.15) is 37.9 Å². The molecule has 3 heterocycles. The van der Waals surface area contributed by atoms with Crippen LogP contribution in [0.5, 0.6) is 0 Å². The zero-order valence-electron chi connectivity index (χ0n) is 13.4. The van der Waals surface area contributed by atoms with Crippen molar-refractivity contribution in [1.82, 2.24) is 9.62 Å². The normalized spacial score (nSPS) is 30.9. The predicted octanol–water partition coefficient (Wildman–Crippen LogP) is 1.01. The lowest BCUT2D eigenvalue weighted by Gasteiger charge is -2.34. The Morgan fingerprint density at radius 1 is 1.25 bits per heavy atom. The van der Waals surface area contributed by atoms with E-state index >= 15 is 0 Å². The molecule has 1 amide bonds. The summed E-state index contributed by atoms with van der Waals surface area (Å²) >= 11 is 0. The Morgan fingerprint density at radius 2 is 2.08 bits per heavy atom. The predicted molar refractivity (Wildman–Crippen MR) is 85.5 cm³/mol. The summed E-state index contributed by atoms with van der Waals surface area (Å²) in [6.45, 7) is 0.844. The average molecular weight is 354 g/mol. The van der Waals surface area contributed by atoms with Crippen molar-refractivity contribution in [2.45, 2.75) is 62.1 Å². The van der Waals surface area contributed by atoms with Crippen LogP contribution in [0.2, 0.25) is 0 Å². The molecule has 1 aromatic rings. The Labute approximate surface area is 141 Å². The van der Waals surface area contributed by atoms with Crippen molar-refractivity contribution < 1.29 is 22.4 Å². The number of nitrogens with one attached hydrogen (secondary N) is 1. The average Bonchev–Trinajstić information content (AvgIpc) is 3.16. The standard InChI is InChI=1S/C16H22N2O5S/c19-16(17-10-11-2-1-9-22-11)15-6-5-13-14(23-15)7-8-18(13)24(20,21)12-3-4-12/h1-2,9,12-15H,3-8,10H2,(H,17,19)/t13-,14-,15+/m1/s1. The maximum Gasteiger partial charge on any atom is 0.249 e. The van der Waals surface area contributed by atoms with Gasteiger partial charge in [-0.2, -0.15) is 4.31 Å². The van der Waals surface area contributed by atoms with Crippen molar-refractivity contribution >= 4 is 15.9 Å². The summed E-state index contributed by atoms with van der Waals surface area (Å²) in [5.41, 5.74) is 0. The molecule has 2 aliphatic heterocycles. The molecule has 8 heteroatoms. The van der Waals surface area contributed by atoms with Crippen molar-refractivity contribution in [3.8, 4) is 0 Å². The molecular formula is C16H22N2O5S. The third kappa shape index (κ3) is 2.98. The van der Waals surface area contributed by atoms with E-state index in [2.05, 4.69) is 5.32 Å². The third-order valence-electron chi connectivity index (χ3n) is 5.08. The molecule has 3 aliphatic rings. The van der Waals surface area contributed by atoms with Crippen molar-refractivity contribution in [2.75, 3.05) is 6.54 Å². The second-order valence-electron chi connectivity index (χ2n) is 6.75. The number of amides is 1. The van der Waals surface area contributed by atoms with Crippen LogP contribution in [0.4, 0.5) is 0 Å². The molecule has 4 rings (SSSR count). The monoisotopic (exact) mass is 354 g/mol. The molecule has 24 heavy (non-hydrogen) atoms. The van der Waals surface area contributed by atoms with Crippen molar-refractivity contribution in [2.24, 2.45) is 0 Å². The van der Waals surface area contributed by atoms with Crippen LogP contribution in [-0.2, 0) is 26.1 Å². The van der Waals surface area contributed by atoms with Gasteiger partial charge in [0.05, 0.1) is 30.2 Å². The van der Waals surface area contributed by atoms with Crippen LogP contribution in [0.3, 0.4) is 0 Å². The fourth-order valence-corrected chi connectivity index (χ4v) is 5.75. The lowest BCUT2D eigenvalue weighted by molar-refractivity contribution is -0.143. The highest BCUT2D eigenvalue weighted by Crippen LogP contribution is 2.39. The first kappa shape index (κ1) is 16.1. The van der Waals surface area contributed by atoms with Gasteiger partial charge < -0.3 is 14.5 Å². The fourth-order valence-electron chi connectivity index (χ4n) is 3.66. The van der Waals surface area contributed by atoms with Crippen LogP contribution in [0.15, 0.2) is 22.8 Å². The number of sulfonamides is 1. The molecule has 3 fully saturated rings. The van der Waals surface area contributed by atoms with Crippen LogP contribution < -0.4 is 5.32 Å². The van der Waals surface area contributed by atoms with E-state index in [0.29, 0.717) is 38.1 Å². The molecule has 0 spiro atoms. The van der Waals surface area contributed by atoms with Gasteiger partial charge in [0, 0.05) is 6.54 Å². The van der Waals surface area contributed by atoms with Crippen molar-refractivity contribution in [1.29, 1.82) is 0 Å². The smallest absolute Gasteiger partial charge is 0.249 e. The molecule has 0 bridgehead atoms. The lowest BCUT2D eigenvalue weighted by atomic mass is 9.99. The minimum absolute atomic E-state index is 0.107. The Balaban J connectivity index is 1.34. The lowest BCUT2D eigenvalue weighted by Crippen LogP contribution is -2.49. The topological polar surface area (TPSA) is 88.9 Å². The van der Waals surface area contributed by atoms with E-state index in [9.17, 15) is 13.2 Å². The van der Waals surface area contributed by atoms with E-state index in [4.69, 9.17) is 9.15 Å². The molecule has 1 saturated carbocycles. The maximum absolute atomic E-state index is 12.5. The van der Waals surface area contributed by atoms with Crippen LogP contribution in [-0.4, -0.2) is 48.7 Å². The Bertz CT molecular complexity index is 698. The first-order valence-corrected chi connectivity index (χ1v) is 10.0. The van der Waals surface area contributed by atoms with Gasteiger partial charge in [-0.1, -0.05) is 0 Å². The highest BCUT2D eigenvalue weighted by Gasteiger charge is 2.50. The van der Waals surface area contributed by atoms with Gasteiger partial charge in [-0.3, -0.25) is 4.79 Å². The van der Waals surface area contributed by atoms with Crippen LogP contribution in [0, 0.1) is 0 Å². The van der Waals surface area contributed by atoms with E-state index in [0.717, 1.165) is 12.8 Å². The van der Waals surface area contributed by atoms with Gasteiger partial charge in [0.1, 0.15) is 11.9 Å². The van der Waals surface area contributed by atoms with E-state index in [-0.39, 0.29) is 23.3 Å². The number of fused-ring (bicyclic) bond motifs is 1. The van der Waals surface area contributed by atoms with Gasteiger partial charge in [0.25, 0.3) is 0 Å². The first-order chi connectivity index (χ1) is 11.6. The Kier molecular flexibility index (Phi) is 4.14. The summed E-state index contributed by atoms with van der Waals surface area (Å²) in [6.07, 6.45) is 4.31. The van der Waals surface area contributed by atoms with Crippen LogP contribution in [0.25, 0.3) is 0 Å². The highest BCUT2D eigenvalue weighted by molar-refractivity contribution is 7.90. The summed E-state index contributed by atoms with van der Waals surface area (Å²) in [5.74, 6) is 0.535. The molecule has 132 valence electrons. The molecule has 1 aromatic heterocycles. The zero-order valence-corrected chi connectivity index (χ0v) is 14.2. The number of carbonyl (C=O) groups excluding carboxylic acids is 1. The van der Waals surface area contributed by atoms with Crippen LogP contribution >= 0.6 is 0 Å². The van der Waals surface area contributed by atoms with Gasteiger partial charge in [0.2, 0.25) is 15.9 Å². The van der Waals surface area contributed by atoms with E-state index in [1.807, 2.05) is 0 Å². The number of nitrogens with zero attached hydrogens (tertiary/aromatic N) is 1. The summed E-state index contributed by atoms with van der Waals surface area (Å²) in [5, 5.41) is 2.63. The van der Waals surface area contributed by atoms with Gasteiger partial charge >= 0.3 is 0 Å². The molecule has 0 unspecified atom stereocenters. The number of rotatable bonds is 5. The molecule has 1 N–H and O–H groups in total. The summed E-state index contributed by atoms with van der Waals surface area (Å²) in [7, 11) is -3.17. The number of ether oxygens (including phenoxy) is 1. The number of hydrogen-bond donors (Lipinski definition) is 1. The summed E-state index contributed by atoms with van der Waals surface area (Å²) < 4.78 is 37.7. The fraction of sp³-hybridized carbons (Fsp3) is 0.688. The maximum atomic E-state index is 12.5. The zero-order chi connectivity index (χ0) is 16.7. The summed E-state index contributed by atoms with van der Waals surface area (Å²) in [4.78, 5) is 12.3. The molecule has 7 nitrogen and oxygen atoms in total. The van der Waals surface area contributed by atoms with E-state index in [1.54, 1.807) is 22.7 Å². The first-order valence-electron chi connectivity index (χ1n) is 8.52. The molecule has 0 radical (unpaired) electrons. The Morgan fingerprint density at radius 3 is 2.79 bits per heavy atom. The molecule has 1 aliphatic carbocycles. The highest BCUT2D eigenvalue weighted by atomic mass is 32.2. The van der Waals surface area contributed by atoms with E-state index < -0.39 is 16.1 Å². The second-order valence-corrected chi connectivity index (χ2v) is 8.91. The summed E-state index contributed by atoms with van der Waals surface area (Å²) in [6, 6.07) is 3.47. The van der Waals surface area contributed by atoms with Crippen molar-refractivity contribution in [3.05, 3.63) is 24.2 Å². The van der Waals surface area contributed by atoms with Crippen molar-refractivity contribution in [3.63, 3.8) is 0 Å². The van der Waals surface area contributed by atoms with Gasteiger partial charge in [0.15, 0.2) is 0 Å². The Hall–Kier alpha value is -1.38. The second kappa shape index (κ2) is 6.16. The molecule has 2 saturated heterocycles. The van der Waals surface area contributed by atoms with Gasteiger partial charge in [-0.05, 0) is 44.2 Å². The number of furan rings is 1.